The van der Waals surface area contributed by atoms with Crippen molar-refractivity contribution < 1.29 is 18.4 Å². The van der Waals surface area contributed by atoms with Crippen LogP contribution < -0.4 is 5.32 Å². The maximum Gasteiger partial charge on any atom is 0.253 e. The van der Waals surface area contributed by atoms with Crippen molar-refractivity contribution in [1.82, 2.24) is 10.2 Å². The lowest BCUT2D eigenvalue weighted by Crippen LogP contribution is -2.32. The molecule has 2 amide bonds. The van der Waals surface area contributed by atoms with E-state index in [0.717, 1.165) is 5.56 Å². The van der Waals surface area contributed by atoms with E-state index in [1.54, 1.807) is 54.4 Å². The predicted octanol–water partition coefficient (Wildman–Crippen LogP) is 4.82. The van der Waals surface area contributed by atoms with Gasteiger partial charge in [0, 0.05) is 38.0 Å². The van der Waals surface area contributed by atoms with Gasteiger partial charge in [-0.2, -0.15) is 0 Å². The molecule has 0 fully saturated rings. The SMILES string of the molecule is CC(C)N(C)C(=O)c1ccc(CNC(=O)CCc2ccc(-c3ccccc3F)o2)cc1. The quantitative estimate of drug-likeness (QED) is 0.566. The molecule has 0 bridgehead atoms. The van der Waals surface area contributed by atoms with Crippen LogP contribution in [-0.4, -0.2) is 29.8 Å². The molecular formula is C25H27FN2O3. The molecule has 0 aliphatic rings. The highest BCUT2D eigenvalue weighted by Crippen LogP contribution is 2.25. The van der Waals surface area contributed by atoms with Crippen molar-refractivity contribution >= 4 is 11.8 Å². The molecule has 2 aromatic carbocycles. The number of halogens is 1. The van der Waals surface area contributed by atoms with Gasteiger partial charge in [0.15, 0.2) is 0 Å². The van der Waals surface area contributed by atoms with Gasteiger partial charge in [-0.15, -0.1) is 0 Å². The molecule has 0 unspecified atom stereocenters. The second kappa shape index (κ2) is 10.1. The zero-order valence-electron chi connectivity index (χ0n) is 18.0. The Kier molecular flexibility index (Phi) is 7.23. The topological polar surface area (TPSA) is 62.6 Å². The van der Waals surface area contributed by atoms with E-state index in [-0.39, 0.29) is 30.1 Å². The van der Waals surface area contributed by atoms with Gasteiger partial charge in [0.2, 0.25) is 5.91 Å². The molecule has 31 heavy (non-hydrogen) atoms. The number of hydrogen-bond donors (Lipinski definition) is 1. The number of furan rings is 1. The second-order valence-corrected chi connectivity index (χ2v) is 7.73. The third kappa shape index (κ3) is 5.81. The summed E-state index contributed by atoms with van der Waals surface area (Å²) >= 11 is 0. The first-order valence-corrected chi connectivity index (χ1v) is 10.3. The Morgan fingerprint density at radius 1 is 1.03 bits per heavy atom. The van der Waals surface area contributed by atoms with Gasteiger partial charge < -0.3 is 14.6 Å². The highest BCUT2D eigenvalue weighted by Gasteiger charge is 2.14. The fourth-order valence-corrected chi connectivity index (χ4v) is 3.05. The Balaban J connectivity index is 1.48. The van der Waals surface area contributed by atoms with Crippen LogP contribution in [-0.2, 0) is 17.8 Å². The van der Waals surface area contributed by atoms with E-state index < -0.39 is 0 Å². The molecule has 3 rings (SSSR count). The minimum atomic E-state index is -0.343. The van der Waals surface area contributed by atoms with Gasteiger partial charge in [0.25, 0.3) is 5.91 Å². The smallest absolute Gasteiger partial charge is 0.253 e. The number of aryl methyl sites for hydroxylation is 1. The molecule has 0 aliphatic heterocycles. The molecule has 1 aromatic heterocycles. The van der Waals surface area contributed by atoms with Crippen LogP contribution in [0.3, 0.4) is 0 Å². The monoisotopic (exact) mass is 422 g/mol. The summed E-state index contributed by atoms with van der Waals surface area (Å²) in [5.41, 5.74) is 1.94. The largest absolute Gasteiger partial charge is 0.461 e. The van der Waals surface area contributed by atoms with Crippen LogP contribution in [0, 0.1) is 5.82 Å². The number of amides is 2. The fraction of sp³-hybridized carbons (Fsp3) is 0.280. The van der Waals surface area contributed by atoms with Gasteiger partial charge in [-0.25, -0.2) is 4.39 Å². The highest BCUT2D eigenvalue weighted by atomic mass is 19.1. The average molecular weight is 423 g/mol. The number of carbonyl (C=O) groups excluding carboxylic acids is 2. The van der Waals surface area contributed by atoms with E-state index in [0.29, 0.717) is 35.6 Å². The summed E-state index contributed by atoms with van der Waals surface area (Å²) in [5.74, 6) is 0.601. The van der Waals surface area contributed by atoms with Crippen LogP contribution in [0.15, 0.2) is 65.1 Å². The zero-order valence-corrected chi connectivity index (χ0v) is 18.0. The third-order valence-corrected chi connectivity index (χ3v) is 5.18. The number of carbonyl (C=O) groups is 2. The number of nitrogens with one attached hydrogen (secondary N) is 1. The standard InChI is InChI=1S/C25H27FN2O3/c1-17(2)28(3)25(30)19-10-8-18(9-11-19)16-27-24(29)15-13-20-12-14-23(31-20)21-6-4-5-7-22(21)26/h4-12,14,17H,13,15-16H2,1-3H3,(H,27,29). The van der Waals surface area contributed by atoms with Crippen LogP contribution >= 0.6 is 0 Å². The molecule has 0 atom stereocenters. The Labute approximate surface area is 181 Å². The van der Waals surface area contributed by atoms with Crippen LogP contribution in [0.25, 0.3) is 11.3 Å². The van der Waals surface area contributed by atoms with Crippen LogP contribution in [0.1, 0.15) is 41.9 Å². The van der Waals surface area contributed by atoms with Crippen LogP contribution in [0.4, 0.5) is 4.39 Å². The maximum atomic E-state index is 13.9. The Morgan fingerprint density at radius 3 is 2.42 bits per heavy atom. The van der Waals surface area contributed by atoms with Crippen molar-refractivity contribution in [2.45, 2.75) is 39.3 Å². The van der Waals surface area contributed by atoms with Crippen LogP contribution in [0.5, 0.6) is 0 Å². The van der Waals surface area contributed by atoms with E-state index in [9.17, 15) is 14.0 Å². The summed E-state index contributed by atoms with van der Waals surface area (Å²) in [5, 5.41) is 2.87. The molecule has 0 saturated heterocycles. The number of benzene rings is 2. The van der Waals surface area contributed by atoms with Gasteiger partial charge >= 0.3 is 0 Å². The third-order valence-electron chi connectivity index (χ3n) is 5.18. The molecule has 1 heterocycles. The predicted molar refractivity (Wildman–Crippen MR) is 118 cm³/mol. The van der Waals surface area contributed by atoms with Gasteiger partial charge in [-0.1, -0.05) is 24.3 Å². The van der Waals surface area contributed by atoms with Crippen molar-refractivity contribution in [3.05, 3.63) is 83.4 Å². The Hall–Kier alpha value is -3.41. The molecule has 6 heteroatoms. The average Bonchev–Trinajstić information content (AvgIpc) is 3.24. The summed E-state index contributed by atoms with van der Waals surface area (Å²) in [6.45, 7) is 4.31. The van der Waals surface area contributed by atoms with Crippen molar-refractivity contribution in [1.29, 1.82) is 0 Å². The van der Waals surface area contributed by atoms with Gasteiger partial charge in [0.1, 0.15) is 17.3 Å². The summed E-state index contributed by atoms with van der Waals surface area (Å²) < 4.78 is 19.5. The second-order valence-electron chi connectivity index (χ2n) is 7.73. The number of nitrogens with zero attached hydrogens (tertiary/aromatic N) is 1. The fourth-order valence-electron chi connectivity index (χ4n) is 3.05. The lowest BCUT2D eigenvalue weighted by molar-refractivity contribution is -0.121. The minimum Gasteiger partial charge on any atom is -0.461 e. The van der Waals surface area contributed by atoms with Crippen molar-refractivity contribution in [3.8, 4) is 11.3 Å². The Morgan fingerprint density at radius 2 is 1.74 bits per heavy atom. The summed E-state index contributed by atoms with van der Waals surface area (Å²) in [7, 11) is 1.78. The molecule has 162 valence electrons. The normalized spacial score (nSPS) is 10.9. The maximum absolute atomic E-state index is 13.9. The van der Waals surface area contributed by atoms with E-state index in [1.165, 1.54) is 6.07 Å². The Bertz CT molecular complexity index is 1040. The summed E-state index contributed by atoms with van der Waals surface area (Å²) in [6, 6.07) is 17.3. The highest BCUT2D eigenvalue weighted by molar-refractivity contribution is 5.94. The summed E-state index contributed by atoms with van der Waals surface area (Å²) in [4.78, 5) is 26.2. The van der Waals surface area contributed by atoms with Gasteiger partial charge in [0.05, 0.1) is 5.56 Å². The first kappa shape index (κ1) is 22.3. The van der Waals surface area contributed by atoms with E-state index >= 15 is 0 Å². The van der Waals surface area contributed by atoms with Crippen LogP contribution in [0.2, 0.25) is 0 Å². The van der Waals surface area contributed by atoms with Crippen molar-refractivity contribution in [2.75, 3.05) is 7.05 Å². The molecule has 3 aromatic rings. The summed E-state index contributed by atoms with van der Waals surface area (Å²) in [6.07, 6.45) is 0.690. The lowest BCUT2D eigenvalue weighted by Gasteiger charge is -2.21. The minimum absolute atomic E-state index is 0.0289. The van der Waals surface area contributed by atoms with E-state index in [4.69, 9.17) is 4.42 Å². The molecular weight excluding hydrogens is 395 g/mol. The first-order valence-electron chi connectivity index (χ1n) is 10.3. The first-order chi connectivity index (χ1) is 14.8. The zero-order chi connectivity index (χ0) is 22.4. The molecule has 0 saturated carbocycles. The molecule has 0 spiro atoms. The van der Waals surface area contributed by atoms with Gasteiger partial charge in [-0.05, 0) is 55.8 Å². The van der Waals surface area contributed by atoms with Crippen molar-refractivity contribution in [2.24, 2.45) is 0 Å². The molecule has 5 nitrogen and oxygen atoms in total. The lowest BCUT2D eigenvalue weighted by atomic mass is 10.1. The van der Waals surface area contributed by atoms with Gasteiger partial charge in [-0.3, -0.25) is 9.59 Å². The van der Waals surface area contributed by atoms with Crippen molar-refractivity contribution in [3.63, 3.8) is 0 Å². The molecule has 1 N–H and O–H groups in total. The van der Waals surface area contributed by atoms with E-state index in [2.05, 4.69) is 5.32 Å². The molecule has 0 radical (unpaired) electrons. The number of hydrogen-bond acceptors (Lipinski definition) is 3. The van der Waals surface area contributed by atoms with E-state index in [1.807, 2.05) is 26.0 Å². The number of rotatable bonds is 8. The molecule has 0 aliphatic carbocycles.